The maximum Gasteiger partial charge on any atom is 0.330 e. The molecule has 0 aromatic carbocycles. The smallest absolute Gasteiger partial charge is 0.330 e. The van der Waals surface area contributed by atoms with Crippen molar-refractivity contribution in [1.29, 1.82) is 15.8 Å². The summed E-state index contributed by atoms with van der Waals surface area (Å²) >= 11 is 0. The van der Waals surface area contributed by atoms with Crippen LogP contribution in [0.2, 0.25) is 0 Å². The van der Waals surface area contributed by atoms with Gasteiger partial charge in [-0.25, -0.2) is 4.79 Å². The number of likely N-dealkylation sites (tertiary alicyclic amines) is 1. The van der Waals surface area contributed by atoms with Gasteiger partial charge in [-0.1, -0.05) is 20.4 Å². The Hall–Kier alpha value is -3.04. The summed E-state index contributed by atoms with van der Waals surface area (Å²) in [6.07, 6.45) is 4.16. The lowest BCUT2D eigenvalue weighted by Crippen LogP contribution is -2.38. The fraction of sp³-hybridized carbons (Fsp3) is 0.524. The first-order valence-corrected chi connectivity index (χ1v) is 9.06. The third-order valence-electron chi connectivity index (χ3n) is 5.15. The van der Waals surface area contributed by atoms with E-state index in [2.05, 4.69) is 31.4 Å². The number of rotatable bonds is 4. The summed E-state index contributed by atoms with van der Waals surface area (Å²) < 4.78 is 5.14. The van der Waals surface area contributed by atoms with Crippen molar-refractivity contribution in [2.75, 3.05) is 19.7 Å². The Morgan fingerprint density at radius 3 is 2.41 bits per heavy atom. The van der Waals surface area contributed by atoms with E-state index in [-0.39, 0.29) is 16.9 Å². The number of esters is 1. The molecule has 0 atom stereocenters. The van der Waals surface area contributed by atoms with Gasteiger partial charge in [0.15, 0.2) is 0 Å². The molecule has 6 heteroatoms. The molecule has 0 saturated carbocycles. The maximum absolute atomic E-state index is 11.2. The minimum atomic E-state index is -0.406. The molecule has 2 aliphatic rings. The summed E-state index contributed by atoms with van der Waals surface area (Å²) in [7, 11) is 0. The molecule has 1 aliphatic carbocycles. The highest BCUT2D eigenvalue weighted by molar-refractivity contribution is 5.81. The van der Waals surface area contributed by atoms with E-state index < -0.39 is 5.97 Å². The summed E-state index contributed by atoms with van der Waals surface area (Å²) in [5.74, 6) is -0.118. The van der Waals surface area contributed by atoms with Crippen LogP contribution in [0.4, 0.5) is 0 Å². The minimum absolute atomic E-state index is 0.0306. The molecule has 6 nitrogen and oxygen atoms in total. The molecule has 0 spiro atoms. The number of hydrogen-bond acceptors (Lipinski definition) is 6. The molecule has 0 aromatic rings. The number of nitrogens with zero attached hydrogens (tertiary/aromatic N) is 4. The number of ether oxygens (including phenoxy) is 1. The Morgan fingerprint density at radius 2 is 1.89 bits per heavy atom. The zero-order valence-corrected chi connectivity index (χ0v) is 15.9. The van der Waals surface area contributed by atoms with E-state index in [1.807, 2.05) is 12.1 Å². The first-order valence-electron chi connectivity index (χ1n) is 9.06. The third-order valence-corrected chi connectivity index (χ3v) is 5.15. The van der Waals surface area contributed by atoms with E-state index in [1.165, 1.54) is 6.08 Å². The normalized spacial score (nSPS) is 19.5. The van der Waals surface area contributed by atoms with Crippen molar-refractivity contribution in [3.8, 4) is 18.2 Å². The van der Waals surface area contributed by atoms with Gasteiger partial charge in [0.05, 0.1) is 12.2 Å². The number of piperidine rings is 1. The van der Waals surface area contributed by atoms with Crippen LogP contribution in [0.5, 0.6) is 0 Å². The van der Waals surface area contributed by atoms with Gasteiger partial charge in [0.1, 0.15) is 23.8 Å². The molecule has 1 saturated heterocycles. The molecule has 1 fully saturated rings. The van der Waals surface area contributed by atoms with Crippen LogP contribution >= 0.6 is 0 Å². The lowest BCUT2D eigenvalue weighted by atomic mass is 9.72. The zero-order valence-electron chi connectivity index (χ0n) is 15.9. The van der Waals surface area contributed by atoms with Gasteiger partial charge >= 0.3 is 5.97 Å². The largest absolute Gasteiger partial charge is 0.462 e. The summed E-state index contributed by atoms with van der Waals surface area (Å²) in [6.45, 7) is 9.48. The summed E-state index contributed by atoms with van der Waals surface area (Å²) in [4.78, 5) is 13.4. The fourth-order valence-corrected chi connectivity index (χ4v) is 3.75. The highest BCUT2D eigenvalue weighted by atomic mass is 16.5. The van der Waals surface area contributed by atoms with E-state index in [1.54, 1.807) is 0 Å². The van der Waals surface area contributed by atoms with Gasteiger partial charge in [-0.2, -0.15) is 15.8 Å². The Morgan fingerprint density at radius 1 is 1.26 bits per heavy atom. The predicted octanol–water partition coefficient (Wildman–Crippen LogP) is 3.37. The first kappa shape index (κ1) is 20.3. The Labute approximate surface area is 160 Å². The third kappa shape index (κ3) is 4.78. The van der Waals surface area contributed by atoms with E-state index in [4.69, 9.17) is 4.74 Å². The Kier molecular flexibility index (Phi) is 6.43. The summed E-state index contributed by atoms with van der Waals surface area (Å²) in [5.41, 5.74) is 1.87. The molecular weight excluding hydrogens is 340 g/mol. The average Bonchev–Trinajstić information content (AvgIpc) is 2.66. The summed E-state index contributed by atoms with van der Waals surface area (Å²) in [5, 5.41) is 28.3. The van der Waals surface area contributed by atoms with E-state index in [0.29, 0.717) is 24.2 Å². The van der Waals surface area contributed by atoms with E-state index >= 15 is 0 Å². The molecule has 27 heavy (non-hydrogen) atoms. The molecular formula is C21H24N4O2. The lowest BCUT2D eigenvalue weighted by Gasteiger charge is -2.41. The van der Waals surface area contributed by atoms with Crippen molar-refractivity contribution in [1.82, 2.24) is 4.90 Å². The van der Waals surface area contributed by atoms with Crippen LogP contribution < -0.4 is 0 Å². The second-order valence-corrected chi connectivity index (χ2v) is 7.79. The van der Waals surface area contributed by atoms with Crippen molar-refractivity contribution in [3.63, 3.8) is 0 Å². The van der Waals surface area contributed by atoms with Crippen LogP contribution in [-0.2, 0) is 9.53 Å². The highest BCUT2D eigenvalue weighted by Crippen LogP contribution is 2.44. The Balaban J connectivity index is 2.23. The van der Waals surface area contributed by atoms with Crippen LogP contribution in [0.3, 0.4) is 0 Å². The SMILES string of the molecule is C=CC(=O)OCC1CCN(C2=C(C#N)C(=C(C#N)C#N)CC(C)(C)C2)CC1. The van der Waals surface area contributed by atoms with E-state index in [0.717, 1.165) is 38.0 Å². The van der Waals surface area contributed by atoms with Crippen LogP contribution in [0.15, 0.2) is 35.1 Å². The molecule has 0 radical (unpaired) electrons. The molecule has 1 aliphatic heterocycles. The predicted molar refractivity (Wildman–Crippen MR) is 99.4 cm³/mol. The van der Waals surface area contributed by atoms with Crippen molar-refractivity contribution in [2.24, 2.45) is 11.3 Å². The molecule has 0 N–H and O–H groups in total. The van der Waals surface area contributed by atoms with Gasteiger partial charge in [0, 0.05) is 30.4 Å². The van der Waals surface area contributed by atoms with Gasteiger partial charge in [0.25, 0.3) is 0 Å². The molecule has 0 unspecified atom stereocenters. The van der Waals surface area contributed by atoms with Gasteiger partial charge in [-0.3, -0.25) is 0 Å². The molecule has 140 valence electrons. The number of hydrogen-bond donors (Lipinski definition) is 0. The molecule has 2 rings (SSSR count). The molecule has 0 aromatic heterocycles. The minimum Gasteiger partial charge on any atom is -0.462 e. The number of allylic oxidation sites excluding steroid dienone is 4. The molecule has 1 heterocycles. The number of carbonyl (C=O) groups excluding carboxylic acids is 1. The lowest BCUT2D eigenvalue weighted by molar-refractivity contribution is -0.139. The topological polar surface area (TPSA) is 101 Å². The average molecular weight is 364 g/mol. The standard InChI is InChI=1S/C21H24N4O2/c1-4-20(26)27-14-15-5-7-25(8-6-15)19-10-21(2,3)9-17(18(19)13-24)16(11-22)12-23/h4,15H,1,5-10,14H2,2-3H3. The number of carbonyl (C=O) groups is 1. The van der Waals surface area contributed by atoms with Crippen LogP contribution in [0, 0.1) is 45.3 Å². The summed E-state index contributed by atoms with van der Waals surface area (Å²) in [6, 6.07) is 6.13. The van der Waals surface area contributed by atoms with Crippen LogP contribution in [0.1, 0.15) is 39.5 Å². The molecule has 0 amide bonds. The van der Waals surface area contributed by atoms with Gasteiger partial charge in [-0.15, -0.1) is 0 Å². The fourth-order valence-electron chi connectivity index (χ4n) is 3.75. The van der Waals surface area contributed by atoms with Crippen LogP contribution in [-0.4, -0.2) is 30.6 Å². The number of nitriles is 3. The maximum atomic E-state index is 11.2. The van der Waals surface area contributed by atoms with Crippen molar-refractivity contribution < 1.29 is 9.53 Å². The van der Waals surface area contributed by atoms with Gasteiger partial charge in [-0.05, 0) is 37.0 Å². The monoisotopic (exact) mass is 364 g/mol. The first-order chi connectivity index (χ1) is 12.8. The van der Waals surface area contributed by atoms with Crippen LogP contribution in [0.25, 0.3) is 0 Å². The molecule has 0 bridgehead atoms. The zero-order chi connectivity index (χ0) is 20.0. The van der Waals surface area contributed by atoms with Crippen molar-refractivity contribution in [2.45, 2.75) is 39.5 Å². The van der Waals surface area contributed by atoms with E-state index in [9.17, 15) is 20.6 Å². The quantitative estimate of drug-likeness (QED) is 0.431. The highest BCUT2D eigenvalue weighted by Gasteiger charge is 2.35. The van der Waals surface area contributed by atoms with Gasteiger partial charge in [0.2, 0.25) is 0 Å². The second-order valence-electron chi connectivity index (χ2n) is 7.79. The van der Waals surface area contributed by atoms with Crippen molar-refractivity contribution in [3.05, 3.63) is 35.1 Å². The Bertz CT molecular complexity index is 791. The van der Waals surface area contributed by atoms with Crippen molar-refractivity contribution >= 4 is 5.97 Å². The second kappa shape index (κ2) is 8.56. The van der Waals surface area contributed by atoms with Gasteiger partial charge < -0.3 is 9.64 Å².